The molecule has 1 aliphatic rings. The van der Waals surface area contributed by atoms with Crippen molar-refractivity contribution >= 4 is 17.4 Å². The van der Waals surface area contributed by atoms with Gasteiger partial charge >= 0.3 is 6.03 Å². The van der Waals surface area contributed by atoms with Crippen molar-refractivity contribution in [3.8, 4) is 0 Å². The second kappa shape index (κ2) is 7.38. The maximum absolute atomic E-state index is 12.2. The van der Waals surface area contributed by atoms with Crippen LogP contribution in [0.15, 0.2) is 23.7 Å². The Hall–Kier alpha value is -1.82. The summed E-state index contributed by atoms with van der Waals surface area (Å²) in [7, 11) is 2.05. The van der Waals surface area contributed by atoms with Crippen LogP contribution in [0, 0.1) is 0 Å². The van der Waals surface area contributed by atoms with Gasteiger partial charge in [-0.2, -0.15) is 0 Å². The van der Waals surface area contributed by atoms with E-state index in [1.165, 1.54) is 23.5 Å². The fraction of sp³-hybridized carbons (Fsp3) is 0.556. The van der Waals surface area contributed by atoms with Gasteiger partial charge in [0.05, 0.1) is 16.7 Å². The van der Waals surface area contributed by atoms with Crippen molar-refractivity contribution in [2.24, 2.45) is 7.05 Å². The molecular weight excluding hydrogens is 320 g/mol. The molecule has 2 atom stereocenters. The van der Waals surface area contributed by atoms with Crippen LogP contribution in [0.25, 0.3) is 0 Å². The van der Waals surface area contributed by atoms with Gasteiger partial charge in [-0.25, -0.2) is 9.78 Å². The van der Waals surface area contributed by atoms with Crippen LogP contribution < -0.4 is 10.6 Å². The lowest BCUT2D eigenvalue weighted by atomic mass is 10.1. The zero-order chi connectivity index (χ0) is 17.1. The third-order valence-corrected chi connectivity index (χ3v) is 5.55. The number of urea groups is 1. The maximum Gasteiger partial charge on any atom is 0.315 e. The number of thiazole rings is 1. The van der Waals surface area contributed by atoms with Crippen molar-refractivity contribution in [2.75, 3.05) is 0 Å². The van der Waals surface area contributed by atoms with Gasteiger partial charge in [0.2, 0.25) is 0 Å². The molecule has 1 aliphatic carbocycles. The van der Waals surface area contributed by atoms with Crippen LogP contribution in [0.3, 0.4) is 0 Å². The molecule has 6 heteroatoms. The molecule has 2 N–H and O–H groups in total. The van der Waals surface area contributed by atoms with E-state index in [2.05, 4.69) is 31.6 Å². The molecule has 24 heavy (non-hydrogen) atoms. The van der Waals surface area contributed by atoms with E-state index in [4.69, 9.17) is 0 Å². The Labute approximate surface area is 147 Å². The summed E-state index contributed by atoms with van der Waals surface area (Å²) in [4.78, 5) is 16.8. The second-order valence-electron chi connectivity index (χ2n) is 6.77. The van der Waals surface area contributed by atoms with Crippen LogP contribution in [0.1, 0.15) is 61.5 Å². The summed E-state index contributed by atoms with van der Waals surface area (Å²) in [6, 6.07) is 4.11. The van der Waals surface area contributed by atoms with Gasteiger partial charge in [-0.3, -0.25) is 0 Å². The van der Waals surface area contributed by atoms with Gasteiger partial charge in [0, 0.05) is 36.3 Å². The Morgan fingerprint density at radius 1 is 1.42 bits per heavy atom. The predicted molar refractivity (Wildman–Crippen MR) is 97.4 cm³/mol. The lowest BCUT2D eigenvalue weighted by Crippen LogP contribution is -2.42. The van der Waals surface area contributed by atoms with Crippen LogP contribution in [0.4, 0.5) is 4.79 Å². The number of aromatic nitrogens is 2. The van der Waals surface area contributed by atoms with Gasteiger partial charge < -0.3 is 15.2 Å². The molecule has 0 saturated heterocycles. The van der Waals surface area contributed by atoms with Crippen LogP contribution >= 0.6 is 11.3 Å². The lowest BCUT2D eigenvalue weighted by Gasteiger charge is -2.17. The summed E-state index contributed by atoms with van der Waals surface area (Å²) >= 11 is 1.71. The second-order valence-corrected chi connectivity index (χ2v) is 7.66. The number of nitrogens with one attached hydrogen (secondary N) is 2. The summed E-state index contributed by atoms with van der Waals surface area (Å²) in [5.74, 6) is 0.669. The first-order chi connectivity index (χ1) is 11.5. The minimum atomic E-state index is -0.122. The number of carbonyl (C=O) groups is 1. The normalized spacial score (nSPS) is 16.6. The summed E-state index contributed by atoms with van der Waals surface area (Å²) < 4.78 is 2.12. The van der Waals surface area contributed by atoms with Gasteiger partial charge in [-0.1, -0.05) is 0 Å². The molecule has 2 amide bonds. The Balaban J connectivity index is 1.42. The molecule has 2 heterocycles. The van der Waals surface area contributed by atoms with Gasteiger partial charge in [0.15, 0.2) is 0 Å². The fourth-order valence-corrected chi connectivity index (χ4v) is 3.83. The molecule has 0 bridgehead atoms. The molecule has 0 spiro atoms. The zero-order valence-corrected chi connectivity index (χ0v) is 15.4. The first-order valence-corrected chi connectivity index (χ1v) is 9.53. The number of hydrogen-bond acceptors (Lipinski definition) is 3. The van der Waals surface area contributed by atoms with Crippen LogP contribution in [-0.2, 0) is 13.5 Å². The Morgan fingerprint density at radius 2 is 2.21 bits per heavy atom. The minimum absolute atomic E-state index is 0.0613. The minimum Gasteiger partial charge on any atom is -0.354 e. The van der Waals surface area contributed by atoms with Gasteiger partial charge in [-0.05, 0) is 51.7 Å². The monoisotopic (exact) mass is 346 g/mol. The van der Waals surface area contributed by atoms with Crippen molar-refractivity contribution < 1.29 is 4.79 Å². The third kappa shape index (κ3) is 4.38. The SMILES string of the molecule is CC(CCc1cccn1C)NC(=O)NC(C)c1csc(C2CC2)n1. The molecule has 2 unspecified atom stereocenters. The molecule has 0 aromatic carbocycles. The summed E-state index contributed by atoms with van der Waals surface area (Å²) in [5.41, 5.74) is 2.25. The average molecular weight is 347 g/mol. The fourth-order valence-electron chi connectivity index (χ4n) is 2.75. The highest BCUT2D eigenvalue weighted by atomic mass is 32.1. The zero-order valence-electron chi connectivity index (χ0n) is 14.6. The Bertz CT molecular complexity index is 689. The summed E-state index contributed by atoms with van der Waals surface area (Å²) in [6.45, 7) is 4.03. The highest BCUT2D eigenvalue weighted by Crippen LogP contribution is 2.41. The quantitative estimate of drug-likeness (QED) is 0.802. The van der Waals surface area contributed by atoms with E-state index in [-0.39, 0.29) is 18.1 Å². The first-order valence-electron chi connectivity index (χ1n) is 8.65. The molecule has 3 rings (SSSR count). The molecule has 2 aromatic heterocycles. The highest BCUT2D eigenvalue weighted by molar-refractivity contribution is 7.09. The molecule has 130 valence electrons. The largest absolute Gasteiger partial charge is 0.354 e. The van der Waals surface area contributed by atoms with Gasteiger partial charge in [0.25, 0.3) is 0 Å². The standard InChI is InChI=1S/C18H26N4OS/c1-12(6-9-15-5-4-10-22(15)3)19-18(23)20-13(2)16-11-24-17(21-16)14-7-8-14/h4-5,10-14H,6-9H2,1-3H3,(H2,19,20,23). The van der Waals surface area contributed by atoms with Crippen molar-refractivity contribution in [1.82, 2.24) is 20.2 Å². The number of nitrogens with zero attached hydrogens (tertiary/aromatic N) is 2. The third-order valence-electron chi connectivity index (χ3n) is 4.52. The summed E-state index contributed by atoms with van der Waals surface area (Å²) in [5, 5.41) is 9.30. The van der Waals surface area contributed by atoms with E-state index in [1.54, 1.807) is 11.3 Å². The van der Waals surface area contributed by atoms with E-state index in [9.17, 15) is 4.79 Å². The molecule has 0 radical (unpaired) electrons. The van der Waals surface area contributed by atoms with E-state index >= 15 is 0 Å². The summed E-state index contributed by atoms with van der Waals surface area (Å²) in [6.07, 6.45) is 6.44. The number of rotatable bonds is 7. The lowest BCUT2D eigenvalue weighted by molar-refractivity contribution is 0.234. The van der Waals surface area contributed by atoms with E-state index in [0.717, 1.165) is 18.5 Å². The molecule has 5 nitrogen and oxygen atoms in total. The van der Waals surface area contributed by atoms with Gasteiger partial charge in [-0.15, -0.1) is 11.3 Å². The van der Waals surface area contributed by atoms with E-state index in [1.807, 2.05) is 33.2 Å². The number of carbonyl (C=O) groups excluding carboxylic acids is 1. The average Bonchev–Trinajstić information content (AvgIpc) is 3.11. The van der Waals surface area contributed by atoms with Crippen LogP contribution in [0.2, 0.25) is 0 Å². The topological polar surface area (TPSA) is 59.0 Å². The molecular formula is C18H26N4OS. The smallest absolute Gasteiger partial charge is 0.315 e. The van der Waals surface area contributed by atoms with Crippen molar-refractivity contribution in [1.29, 1.82) is 0 Å². The number of amides is 2. The number of hydrogen-bond donors (Lipinski definition) is 2. The van der Waals surface area contributed by atoms with Crippen molar-refractivity contribution in [3.63, 3.8) is 0 Å². The Morgan fingerprint density at radius 3 is 2.88 bits per heavy atom. The predicted octanol–water partition coefficient (Wildman–Crippen LogP) is 3.74. The highest BCUT2D eigenvalue weighted by Gasteiger charge is 2.27. The van der Waals surface area contributed by atoms with Crippen LogP contribution in [-0.4, -0.2) is 21.6 Å². The van der Waals surface area contributed by atoms with Crippen molar-refractivity contribution in [3.05, 3.63) is 40.1 Å². The van der Waals surface area contributed by atoms with Crippen LogP contribution in [0.5, 0.6) is 0 Å². The molecule has 0 aliphatic heterocycles. The maximum atomic E-state index is 12.2. The first kappa shape index (κ1) is 17.0. The van der Waals surface area contributed by atoms with E-state index in [0.29, 0.717) is 5.92 Å². The molecule has 1 fully saturated rings. The molecule has 2 aromatic rings. The van der Waals surface area contributed by atoms with E-state index < -0.39 is 0 Å². The van der Waals surface area contributed by atoms with Crippen molar-refractivity contribution in [2.45, 2.75) is 57.5 Å². The number of aryl methyl sites for hydroxylation is 2. The molecule has 1 saturated carbocycles. The Kier molecular flexibility index (Phi) is 5.23. The van der Waals surface area contributed by atoms with Gasteiger partial charge in [0.1, 0.15) is 0 Å².